The third kappa shape index (κ3) is 3.41. The Morgan fingerprint density at radius 2 is 2.09 bits per heavy atom. The molecule has 1 N–H and O–H groups in total. The van der Waals surface area contributed by atoms with Gasteiger partial charge < -0.3 is 9.42 Å². The first kappa shape index (κ1) is 15.3. The SMILES string of the molecule is Cc1cc(NC(=O)N2CCN([C@H]3CCS(=O)(=O)C3)CC2)no1. The van der Waals surface area contributed by atoms with Gasteiger partial charge in [-0.15, -0.1) is 0 Å². The number of aromatic nitrogens is 1. The van der Waals surface area contributed by atoms with E-state index < -0.39 is 9.84 Å². The molecule has 8 nitrogen and oxygen atoms in total. The molecule has 3 heterocycles. The molecule has 0 aromatic carbocycles. The molecule has 122 valence electrons. The van der Waals surface area contributed by atoms with Crippen LogP contribution < -0.4 is 5.32 Å². The summed E-state index contributed by atoms with van der Waals surface area (Å²) in [5.41, 5.74) is 0. The number of piperazine rings is 1. The van der Waals surface area contributed by atoms with Crippen LogP contribution in [-0.4, -0.2) is 73.1 Å². The molecule has 2 aliphatic heterocycles. The molecular weight excluding hydrogens is 308 g/mol. The Labute approximate surface area is 129 Å². The monoisotopic (exact) mass is 328 g/mol. The van der Waals surface area contributed by atoms with Crippen molar-refractivity contribution in [1.82, 2.24) is 15.0 Å². The van der Waals surface area contributed by atoms with Crippen molar-refractivity contribution in [2.75, 3.05) is 43.0 Å². The van der Waals surface area contributed by atoms with E-state index in [2.05, 4.69) is 15.4 Å². The van der Waals surface area contributed by atoms with Crippen LogP contribution in [0.3, 0.4) is 0 Å². The lowest BCUT2D eigenvalue weighted by molar-refractivity contribution is 0.121. The first-order chi connectivity index (χ1) is 10.4. The van der Waals surface area contributed by atoms with E-state index in [4.69, 9.17) is 4.52 Å². The molecule has 1 atom stereocenters. The van der Waals surface area contributed by atoms with Crippen LogP contribution in [0.2, 0.25) is 0 Å². The summed E-state index contributed by atoms with van der Waals surface area (Å²) in [7, 11) is -2.87. The minimum Gasteiger partial charge on any atom is -0.360 e. The molecule has 2 saturated heterocycles. The number of nitrogens with one attached hydrogen (secondary N) is 1. The van der Waals surface area contributed by atoms with E-state index in [1.807, 2.05) is 0 Å². The zero-order valence-electron chi connectivity index (χ0n) is 12.5. The fourth-order valence-electron chi connectivity index (χ4n) is 2.97. The topological polar surface area (TPSA) is 95.8 Å². The van der Waals surface area contributed by atoms with E-state index in [0.29, 0.717) is 44.2 Å². The molecule has 2 amide bonds. The molecule has 2 fully saturated rings. The summed E-state index contributed by atoms with van der Waals surface area (Å²) in [6.07, 6.45) is 0.701. The van der Waals surface area contributed by atoms with E-state index in [1.165, 1.54) is 0 Å². The molecule has 1 aromatic heterocycles. The maximum Gasteiger partial charge on any atom is 0.323 e. The zero-order valence-corrected chi connectivity index (χ0v) is 13.3. The largest absolute Gasteiger partial charge is 0.360 e. The summed E-state index contributed by atoms with van der Waals surface area (Å²) in [5, 5.41) is 6.43. The number of nitrogens with zero attached hydrogens (tertiary/aromatic N) is 3. The Balaban J connectivity index is 1.50. The van der Waals surface area contributed by atoms with Gasteiger partial charge in [-0.05, 0) is 13.3 Å². The zero-order chi connectivity index (χ0) is 15.7. The molecule has 0 radical (unpaired) electrons. The van der Waals surface area contributed by atoms with Crippen LogP contribution in [0.25, 0.3) is 0 Å². The van der Waals surface area contributed by atoms with Crippen molar-refractivity contribution >= 4 is 21.7 Å². The lowest BCUT2D eigenvalue weighted by Crippen LogP contribution is -2.53. The maximum atomic E-state index is 12.1. The minimum atomic E-state index is -2.87. The Morgan fingerprint density at radius 3 is 2.64 bits per heavy atom. The minimum absolute atomic E-state index is 0.105. The van der Waals surface area contributed by atoms with Gasteiger partial charge in [0.1, 0.15) is 5.76 Å². The van der Waals surface area contributed by atoms with E-state index >= 15 is 0 Å². The van der Waals surface area contributed by atoms with E-state index in [-0.39, 0.29) is 23.6 Å². The van der Waals surface area contributed by atoms with Gasteiger partial charge in [-0.1, -0.05) is 5.16 Å². The van der Waals surface area contributed by atoms with Gasteiger partial charge in [0, 0.05) is 38.3 Å². The molecule has 1 aromatic rings. The molecule has 0 aliphatic carbocycles. The Kier molecular flexibility index (Phi) is 4.09. The molecular formula is C13H20N4O4S. The molecule has 0 bridgehead atoms. The smallest absolute Gasteiger partial charge is 0.323 e. The van der Waals surface area contributed by atoms with Crippen molar-refractivity contribution in [1.29, 1.82) is 0 Å². The summed E-state index contributed by atoms with van der Waals surface area (Å²) in [4.78, 5) is 16.0. The number of amides is 2. The fraction of sp³-hybridized carbons (Fsp3) is 0.692. The Morgan fingerprint density at radius 1 is 1.36 bits per heavy atom. The van der Waals surface area contributed by atoms with E-state index in [9.17, 15) is 13.2 Å². The second-order valence-corrected chi connectivity index (χ2v) is 8.06. The number of carbonyl (C=O) groups excluding carboxylic acids is 1. The normalized spacial score (nSPS) is 25.3. The van der Waals surface area contributed by atoms with Crippen molar-refractivity contribution in [2.45, 2.75) is 19.4 Å². The lowest BCUT2D eigenvalue weighted by atomic mass is 10.2. The number of carbonyl (C=O) groups is 1. The van der Waals surface area contributed by atoms with E-state index in [1.54, 1.807) is 17.9 Å². The third-order valence-electron chi connectivity index (χ3n) is 4.19. The van der Waals surface area contributed by atoms with Gasteiger partial charge in [0.05, 0.1) is 11.5 Å². The van der Waals surface area contributed by atoms with Gasteiger partial charge in [-0.25, -0.2) is 13.2 Å². The number of hydrogen-bond acceptors (Lipinski definition) is 6. The van der Waals surface area contributed by atoms with Crippen LogP contribution in [0.5, 0.6) is 0 Å². The second-order valence-electron chi connectivity index (χ2n) is 5.83. The summed E-state index contributed by atoms with van der Waals surface area (Å²) in [5.74, 6) is 1.58. The van der Waals surface area contributed by atoms with Crippen LogP contribution >= 0.6 is 0 Å². The molecule has 0 saturated carbocycles. The van der Waals surface area contributed by atoms with Crippen molar-refractivity contribution in [3.05, 3.63) is 11.8 Å². The van der Waals surface area contributed by atoms with Gasteiger partial charge in [0.2, 0.25) is 0 Å². The quantitative estimate of drug-likeness (QED) is 0.840. The van der Waals surface area contributed by atoms with Crippen LogP contribution in [-0.2, 0) is 9.84 Å². The van der Waals surface area contributed by atoms with Crippen molar-refractivity contribution in [3.63, 3.8) is 0 Å². The first-order valence-corrected chi connectivity index (χ1v) is 9.19. The van der Waals surface area contributed by atoms with Crippen LogP contribution in [0.4, 0.5) is 10.6 Å². The van der Waals surface area contributed by atoms with Gasteiger partial charge in [-0.3, -0.25) is 10.2 Å². The lowest BCUT2D eigenvalue weighted by Gasteiger charge is -2.37. The molecule has 3 rings (SSSR count). The summed E-state index contributed by atoms with van der Waals surface area (Å²) in [6.45, 7) is 4.33. The predicted octanol–water partition coefficient (Wildman–Crippen LogP) is 0.320. The summed E-state index contributed by atoms with van der Waals surface area (Å²) in [6, 6.07) is 1.57. The van der Waals surface area contributed by atoms with Crippen molar-refractivity contribution in [2.24, 2.45) is 0 Å². The van der Waals surface area contributed by atoms with Crippen molar-refractivity contribution < 1.29 is 17.7 Å². The van der Waals surface area contributed by atoms with Crippen LogP contribution in [0.1, 0.15) is 12.2 Å². The average Bonchev–Trinajstić information content (AvgIpc) is 3.04. The highest BCUT2D eigenvalue weighted by Gasteiger charge is 2.34. The predicted molar refractivity (Wildman–Crippen MR) is 80.5 cm³/mol. The Bertz CT molecular complexity index is 649. The highest BCUT2D eigenvalue weighted by molar-refractivity contribution is 7.91. The summed E-state index contributed by atoms with van der Waals surface area (Å²) < 4.78 is 28.0. The first-order valence-electron chi connectivity index (χ1n) is 7.37. The molecule has 0 unspecified atom stereocenters. The number of anilines is 1. The third-order valence-corrected chi connectivity index (χ3v) is 5.94. The van der Waals surface area contributed by atoms with Crippen LogP contribution in [0.15, 0.2) is 10.6 Å². The van der Waals surface area contributed by atoms with Crippen LogP contribution in [0, 0.1) is 6.92 Å². The Hall–Kier alpha value is -1.61. The van der Waals surface area contributed by atoms with Gasteiger partial charge in [0.15, 0.2) is 15.7 Å². The highest BCUT2D eigenvalue weighted by Crippen LogP contribution is 2.19. The maximum absolute atomic E-state index is 12.1. The number of rotatable bonds is 2. The van der Waals surface area contributed by atoms with Gasteiger partial charge in [0.25, 0.3) is 0 Å². The number of hydrogen-bond donors (Lipinski definition) is 1. The van der Waals surface area contributed by atoms with E-state index in [0.717, 1.165) is 0 Å². The molecule has 9 heteroatoms. The van der Waals surface area contributed by atoms with Gasteiger partial charge >= 0.3 is 6.03 Å². The van der Waals surface area contributed by atoms with Crippen molar-refractivity contribution in [3.8, 4) is 0 Å². The molecule has 0 spiro atoms. The number of sulfone groups is 1. The summed E-state index contributed by atoms with van der Waals surface area (Å²) >= 11 is 0. The molecule has 22 heavy (non-hydrogen) atoms. The standard InChI is InChI=1S/C13H20N4O4S/c1-10-8-12(15-21-10)14-13(18)17-5-3-16(4-6-17)11-2-7-22(19,20)9-11/h8,11H,2-7,9H2,1H3,(H,14,15,18)/t11-/m0/s1. The fourth-order valence-corrected chi connectivity index (χ4v) is 4.73. The second kappa shape index (κ2) is 5.88. The number of urea groups is 1. The highest BCUT2D eigenvalue weighted by atomic mass is 32.2. The van der Waals surface area contributed by atoms with Gasteiger partial charge in [-0.2, -0.15) is 0 Å². The average molecular weight is 328 g/mol. The number of aryl methyl sites for hydroxylation is 1. The molecule has 2 aliphatic rings.